The maximum absolute atomic E-state index is 12.4. The molecule has 0 aromatic carbocycles. The van der Waals surface area contributed by atoms with E-state index in [2.05, 4.69) is 16.3 Å². The van der Waals surface area contributed by atoms with Gasteiger partial charge in [0.1, 0.15) is 5.00 Å². The number of hydrogen-bond acceptors (Lipinski definition) is 7. The van der Waals surface area contributed by atoms with Crippen LogP contribution in [0.3, 0.4) is 0 Å². The number of sulfonamides is 1. The molecule has 1 aliphatic heterocycles. The molecule has 1 aromatic heterocycles. The Labute approximate surface area is 130 Å². The first kappa shape index (κ1) is 16.5. The SMILES string of the molecule is CN1CCC(CN(C)c2snc(N)c2S(=O)(=O)N(C)C)C1. The third-order valence-corrected chi connectivity index (χ3v) is 6.75. The van der Waals surface area contributed by atoms with Crippen molar-refractivity contribution in [1.29, 1.82) is 0 Å². The van der Waals surface area contributed by atoms with Crippen LogP contribution in [0.5, 0.6) is 0 Å². The second kappa shape index (κ2) is 6.07. The minimum atomic E-state index is -3.58. The zero-order chi connectivity index (χ0) is 15.8. The summed E-state index contributed by atoms with van der Waals surface area (Å²) in [4.78, 5) is 4.39. The van der Waals surface area contributed by atoms with Crippen LogP contribution in [0.2, 0.25) is 0 Å². The molecular formula is C12H23N5O2S2. The van der Waals surface area contributed by atoms with E-state index in [0.717, 1.165) is 37.6 Å². The minimum absolute atomic E-state index is 0.0825. The molecule has 2 N–H and O–H groups in total. The molecule has 0 spiro atoms. The second-order valence-corrected chi connectivity index (χ2v) is 8.63. The van der Waals surface area contributed by atoms with E-state index < -0.39 is 10.0 Å². The van der Waals surface area contributed by atoms with Crippen LogP contribution in [0, 0.1) is 5.92 Å². The molecule has 1 unspecified atom stereocenters. The summed E-state index contributed by atoms with van der Waals surface area (Å²) in [5.41, 5.74) is 5.79. The van der Waals surface area contributed by atoms with Gasteiger partial charge < -0.3 is 15.5 Å². The molecule has 120 valence electrons. The summed E-state index contributed by atoms with van der Waals surface area (Å²) in [5, 5.41) is 0.621. The average Bonchev–Trinajstić information content (AvgIpc) is 2.95. The Morgan fingerprint density at radius 3 is 2.62 bits per heavy atom. The fourth-order valence-electron chi connectivity index (χ4n) is 2.60. The molecule has 1 saturated heterocycles. The van der Waals surface area contributed by atoms with E-state index in [9.17, 15) is 8.42 Å². The van der Waals surface area contributed by atoms with Gasteiger partial charge in [-0.25, -0.2) is 12.7 Å². The molecule has 0 bridgehead atoms. The van der Waals surface area contributed by atoms with Gasteiger partial charge in [-0.2, -0.15) is 4.37 Å². The molecule has 7 nitrogen and oxygen atoms in total. The van der Waals surface area contributed by atoms with Crippen molar-refractivity contribution >= 4 is 32.4 Å². The van der Waals surface area contributed by atoms with Gasteiger partial charge in [-0.3, -0.25) is 0 Å². The van der Waals surface area contributed by atoms with E-state index in [1.165, 1.54) is 18.4 Å². The van der Waals surface area contributed by atoms with E-state index in [0.29, 0.717) is 10.9 Å². The van der Waals surface area contributed by atoms with Crippen molar-refractivity contribution in [3.05, 3.63) is 0 Å². The van der Waals surface area contributed by atoms with Crippen molar-refractivity contribution in [3.8, 4) is 0 Å². The predicted molar refractivity (Wildman–Crippen MR) is 86.3 cm³/mol. The molecule has 0 saturated carbocycles. The second-order valence-electron chi connectivity index (χ2n) is 5.79. The maximum atomic E-state index is 12.4. The van der Waals surface area contributed by atoms with Gasteiger partial charge in [0.05, 0.1) is 0 Å². The summed E-state index contributed by atoms with van der Waals surface area (Å²) in [6.07, 6.45) is 1.13. The van der Waals surface area contributed by atoms with Crippen LogP contribution in [0.25, 0.3) is 0 Å². The topological polar surface area (TPSA) is 82.8 Å². The Bertz CT molecular complexity index is 599. The highest BCUT2D eigenvalue weighted by molar-refractivity contribution is 7.89. The van der Waals surface area contributed by atoms with E-state index in [-0.39, 0.29) is 10.7 Å². The zero-order valence-electron chi connectivity index (χ0n) is 12.9. The van der Waals surface area contributed by atoms with Crippen LogP contribution in [0.15, 0.2) is 4.90 Å². The summed E-state index contributed by atoms with van der Waals surface area (Å²) >= 11 is 1.14. The lowest BCUT2D eigenvalue weighted by Gasteiger charge is -2.23. The Morgan fingerprint density at radius 1 is 1.43 bits per heavy atom. The molecule has 21 heavy (non-hydrogen) atoms. The Kier molecular flexibility index (Phi) is 4.76. The standard InChI is InChI=1S/C12H23N5O2S2/c1-15(2)21(18,19)10-11(13)14-20-12(10)17(4)8-9-5-6-16(3)7-9/h9H,5-8H2,1-4H3,(H2,13,14). The number of anilines is 2. The van der Waals surface area contributed by atoms with Crippen LogP contribution in [0.1, 0.15) is 6.42 Å². The zero-order valence-corrected chi connectivity index (χ0v) is 14.5. The highest BCUT2D eigenvalue weighted by Crippen LogP contribution is 2.36. The number of rotatable bonds is 5. The number of likely N-dealkylation sites (tertiary alicyclic amines) is 1. The molecule has 0 radical (unpaired) electrons. The smallest absolute Gasteiger partial charge is 0.249 e. The minimum Gasteiger partial charge on any atom is -0.382 e. The molecule has 2 rings (SSSR count). The number of aromatic nitrogens is 1. The lowest BCUT2D eigenvalue weighted by molar-refractivity contribution is 0.396. The van der Waals surface area contributed by atoms with Crippen LogP contribution < -0.4 is 10.6 Å². The van der Waals surface area contributed by atoms with Gasteiger partial charge in [0.25, 0.3) is 0 Å². The van der Waals surface area contributed by atoms with Crippen molar-refractivity contribution in [3.63, 3.8) is 0 Å². The summed E-state index contributed by atoms with van der Waals surface area (Å²) in [5.74, 6) is 0.623. The highest BCUT2D eigenvalue weighted by atomic mass is 32.2. The third-order valence-electron chi connectivity index (χ3n) is 3.76. The lowest BCUT2D eigenvalue weighted by atomic mass is 10.1. The fraction of sp³-hybridized carbons (Fsp3) is 0.750. The predicted octanol–water partition coefficient (Wildman–Crippen LogP) is 0.364. The van der Waals surface area contributed by atoms with E-state index in [4.69, 9.17) is 5.73 Å². The largest absolute Gasteiger partial charge is 0.382 e. The van der Waals surface area contributed by atoms with Crippen LogP contribution in [0.4, 0.5) is 10.8 Å². The molecule has 2 heterocycles. The third kappa shape index (κ3) is 3.31. The highest BCUT2D eigenvalue weighted by Gasteiger charge is 2.30. The van der Waals surface area contributed by atoms with Gasteiger partial charge in [0, 0.05) is 34.2 Å². The van der Waals surface area contributed by atoms with Crippen LogP contribution >= 0.6 is 11.5 Å². The molecule has 1 fully saturated rings. The fourth-order valence-corrected chi connectivity index (χ4v) is 4.81. The van der Waals surface area contributed by atoms with Gasteiger partial charge in [0.2, 0.25) is 10.0 Å². The monoisotopic (exact) mass is 333 g/mol. The van der Waals surface area contributed by atoms with Crippen molar-refractivity contribution in [2.45, 2.75) is 11.3 Å². The van der Waals surface area contributed by atoms with Gasteiger partial charge >= 0.3 is 0 Å². The number of nitrogen functional groups attached to an aromatic ring is 1. The first-order valence-electron chi connectivity index (χ1n) is 6.80. The van der Waals surface area contributed by atoms with Crippen molar-refractivity contribution in [2.75, 3.05) is 58.5 Å². The first-order valence-corrected chi connectivity index (χ1v) is 9.02. The van der Waals surface area contributed by atoms with E-state index in [1.807, 2.05) is 11.9 Å². The molecular weight excluding hydrogens is 310 g/mol. The maximum Gasteiger partial charge on any atom is 0.249 e. The molecule has 1 atom stereocenters. The summed E-state index contributed by atoms with van der Waals surface area (Å²) in [6, 6.07) is 0. The number of nitrogens with zero attached hydrogens (tertiary/aromatic N) is 4. The summed E-state index contributed by atoms with van der Waals surface area (Å²) in [6.45, 7) is 2.93. The Morgan fingerprint density at radius 2 is 2.10 bits per heavy atom. The van der Waals surface area contributed by atoms with E-state index in [1.54, 1.807) is 0 Å². The van der Waals surface area contributed by atoms with Gasteiger partial charge in [0.15, 0.2) is 10.7 Å². The van der Waals surface area contributed by atoms with Crippen molar-refractivity contribution in [2.24, 2.45) is 5.92 Å². The quantitative estimate of drug-likeness (QED) is 0.838. The normalized spacial score (nSPS) is 20.3. The summed E-state index contributed by atoms with van der Waals surface area (Å²) < 4.78 is 30.0. The Balaban J connectivity index is 2.24. The molecule has 9 heteroatoms. The van der Waals surface area contributed by atoms with Gasteiger partial charge in [-0.05, 0) is 37.5 Å². The molecule has 1 aromatic rings. The van der Waals surface area contributed by atoms with Crippen LogP contribution in [-0.2, 0) is 10.0 Å². The van der Waals surface area contributed by atoms with E-state index >= 15 is 0 Å². The average molecular weight is 333 g/mol. The van der Waals surface area contributed by atoms with Crippen molar-refractivity contribution in [1.82, 2.24) is 13.6 Å². The molecule has 0 amide bonds. The molecule has 0 aliphatic carbocycles. The van der Waals surface area contributed by atoms with Gasteiger partial charge in [-0.1, -0.05) is 0 Å². The summed E-state index contributed by atoms with van der Waals surface area (Å²) in [7, 11) is 3.43. The first-order chi connectivity index (χ1) is 9.73. The number of hydrogen-bond donors (Lipinski definition) is 1. The lowest BCUT2D eigenvalue weighted by Crippen LogP contribution is -2.29. The number of nitrogens with two attached hydrogens (primary N) is 1. The van der Waals surface area contributed by atoms with Crippen LogP contribution in [-0.4, -0.2) is 69.8 Å². The van der Waals surface area contributed by atoms with Crippen molar-refractivity contribution < 1.29 is 8.42 Å². The Hall–Kier alpha value is -0.900. The molecule has 1 aliphatic rings. The van der Waals surface area contributed by atoms with Gasteiger partial charge in [-0.15, -0.1) is 0 Å².